The summed E-state index contributed by atoms with van der Waals surface area (Å²) in [5.74, 6) is 0. The maximum atomic E-state index is 11.9. The standard InChI is InChI=1S/C16H14ClNO2/c1-20-15-10-11-6-2-4-8-13(11)18(16(17)19)14-9-5-3-7-12(14)15/h2-9,15H,10H2,1H3. The number of ether oxygens (including phenoxy) is 1. The van der Waals surface area contributed by atoms with E-state index in [1.165, 1.54) is 0 Å². The van der Waals surface area contributed by atoms with Crippen LogP contribution in [-0.2, 0) is 11.2 Å². The lowest BCUT2D eigenvalue weighted by molar-refractivity contribution is 0.105. The number of methoxy groups -OCH3 is 1. The second kappa shape index (κ2) is 5.27. The molecule has 0 saturated carbocycles. The first-order valence-corrected chi connectivity index (χ1v) is 6.79. The number of halogens is 1. The third-order valence-corrected chi connectivity index (χ3v) is 3.79. The lowest BCUT2D eigenvalue weighted by Gasteiger charge is -2.22. The van der Waals surface area contributed by atoms with E-state index < -0.39 is 5.37 Å². The van der Waals surface area contributed by atoms with Crippen molar-refractivity contribution >= 4 is 28.3 Å². The number of carbonyl (C=O) groups excluding carboxylic acids is 1. The molecule has 2 aromatic rings. The normalized spacial score (nSPS) is 17.1. The minimum atomic E-state index is -0.512. The van der Waals surface area contributed by atoms with Gasteiger partial charge in [0.15, 0.2) is 0 Å². The van der Waals surface area contributed by atoms with Crippen molar-refractivity contribution in [3.05, 3.63) is 59.7 Å². The summed E-state index contributed by atoms with van der Waals surface area (Å²) in [7, 11) is 1.68. The lowest BCUT2D eigenvalue weighted by Crippen LogP contribution is -2.20. The monoisotopic (exact) mass is 287 g/mol. The number of anilines is 2. The molecule has 3 rings (SSSR count). The Kier molecular flexibility index (Phi) is 3.47. The summed E-state index contributed by atoms with van der Waals surface area (Å²) in [5.41, 5.74) is 3.62. The number of hydrogen-bond donors (Lipinski definition) is 0. The maximum Gasteiger partial charge on any atom is 0.325 e. The van der Waals surface area contributed by atoms with Crippen LogP contribution >= 0.6 is 11.6 Å². The van der Waals surface area contributed by atoms with Gasteiger partial charge >= 0.3 is 5.37 Å². The van der Waals surface area contributed by atoms with Gasteiger partial charge in [0.25, 0.3) is 0 Å². The molecule has 1 aliphatic rings. The van der Waals surface area contributed by atoms with Gasteiger partial charge in [-0.15, -0.1) is 0 Å². The summed E-state index contributed by atoms with van der Waals surface area (Å²) in [6.07, 6.45) is 0.623. The van der Waals surface area contributed by atoms with Gasteiger partial charge in [-0.25, -0.2) is 0 Å². The molecule has 4 heteroatoms. The van der Waals surface area contributed by atoms with Gasteiger partial charge in [-0.05, 0) is 29.3 Å². The molecule has 1 unspecified atom stereocenters. The van der Waals surface area contributed by atoms with E-state index in [1.54, 1.807) is 12.0 Å². The van der Waals surface area contributed by atoms with E-state index in [0.29, 0.717) is 6.42 Å². The minimum absolute atomic E-state index is 0.0895. The fraction of sp³-hybridized carbons (Fsp3) is 0.188. The summed E-state index contributed by atoms with van der Waals surface area (Å²) in [4.78, 5) is 13.5. The molecule has 2 aromatic carbocycles. The predicted octanol–water partition coefficient (Wildman–Crippen LogP) is 4.43. The zero-order chi connectivity index (χ0) is 14.1. The van der Waals surface area contributed by atoms with Crippen LogP contribution in [0.4, 0.5) is 16.2 Å². The van der Waals surface area contributed by atoms with Crippen LogP contribution in [-0.4, -0.2) is 12.5 Å². The highest BCUT2D eigenvalue weighted by Crippen LogP contribution is 2.41. The molecule has 1 aliphatic heterocycles. The zero-order valence-corrected chi connectivity index (χ0v) is 11.8. The molecule has 20 heavy (non-hydrogen) atoms. The number of benzene rings is 2. The van der Waals surface area contributed by atoms with Crippen LogP contribution in [0.2, 0.25) is 0 Å². The first-order chi connectivity index (χ1) is 9.72. The highest BCUT2D eigenvalue weighted by atomic mass is 35.5. The SMILES string of the molecule is COC1Cc2ccccc2N(C(=O)Cl)c2ccccc21. The Labute approximate surface area is 122 Å². The van der Waals surface area contributed by atoms with E-state index in [2.05, 4.69) is 0 Å². The van der Waals surface area contributed by atoms with Crippen LogP contribution in [0.25, 0.3) is 0 Å². The third-order valence-electron chi connectivity index (χ3n) is 3.62. The Morgan fingerprint density at radius 2 is 1.80 bits per heavy atom. The molecule has 0 bridgehead atoms. The Morgan fingerprint density at radius 3 is 2.50 bits per heavy atom. The molecule has 1 atom stereocenters. The molecule has 0 radical (unpaired) electrons. The third kappa shape index (κ3) is 2.09. The number of hydrogen-bond acceptors (Lipinski definition) is 2. The van der Waals surface area contributed by atoms with Crippen molar-refractivity contribution in [1.82, 2.24) is 0 Å². The molecule has 0 aliphatic carbocycles. The molecule has 1 heterocycles. The van der Waals surface area contributed by atoms with Crippen molar-refractivity contribution in [3.8, 4) is 0 Å². The van der Waals surface area contributed by atoms with Gasteiger partial charge in [-0.2, -0.15) is 0 Å². The van der Waals surface area contributed by atoms with Crippen LogP contribution in [0.1, 0.15) is 17.2 Å². The number of carbonyl (C=O) groups is 1. The van der Waals surface area contributed by atoms with E-state index in [0.717, 1.165) is 22.5 Å². The van der Waals surface area contributed by atoms with Crippen LogP contribution in [0.5, 0.6) is 0 Å². The number of amides is 1. The highest BCUT2D eigenvalue weighted by Gasteiger charge is 2.29. The molecule has 0 fully saturated rings. The van der Waals surface area contributed by atoms with E-state index in [4.69, 9.17) is 16.3 Å². The highest BCUT2D eigenvalue weighted by molar-refractivity contribution is 6.67. The first-order valence-electron chi connectivity index (χ1n) is 6.41. The Hall–Kier alpha value is -1.84. The van der Waals surface area contributed by atoms with Crippen molar-refractivity contribution < 1.29 is 9.53 Å². The van der Waals surface area contributed by atoms with E-state index in [9.17, 15) is 4.79 Å². The zero-order valence-electron chi connectivity index (χ0n) is 11.0. The van der Waals surface area contributed by atoms with Crippen molar-refractivity contribution in [1.29, 1.82) is 0 Å². The average molecular weight is 288 g/mol. The number of rotatable bonds is 1. The number of para-hydroxylation sites is 2. The van der Waals surface area contributed by atoms with Gasteiger partial charge < -0.3 is 4.74 Å². The van der Waals surface area contributed by atoms with Gasteiger partial charge in [-0.1, -0.05) is 36.4 Å². The first kappa shape index (κ1) is 13.2. The van der Waals surface area contributed by atoms with Gasteiger partial charge in [-0.3, -0.25) is 9.69 Å². The van der Waals surface area contributed by atoms with Crippen molar-refractivity contribution in [2.24, 2.45) is 0 Å². The quantitative estimate of drug-likeness (QED) is 0.574. The molecule has 0 saturated heterocycles. The van der Waals surface area contributed by atoms with Gasteiger partial charge in [0.05, 0.1) is 17.5 Å². The molecular weight excluding hydrogens is 274 g/mol. The van der Waals surface area contributed by atoms with Crippen molar-refractivity contribution in [2.75, 3.05) is 12.0 Å². The van der Waals surface area contributed by atoms with Gasteiger partial charge in [0.2, 0.25) is 0 Å². The largest absolute Gasteiger partial charge is 0.376 e. The summed E-state index contributed by atoms with van der Waals surface area (Å²) in [6.45, 7) is 0. The van der Waals surface area contributed by atoms with Crippen molar-refractivity contribution in [3.63, 3.8) is 0 Å². The van der Waals surface area contributed by atoms with Crippen molar-refractivity contribution in [2.45, 2.75) is 12.5 Å². The Bertz CT molecular complexity index is 656. The molecule has 0 N–H and O–H groups in total. The van der Waals surface area contributed by atoms with Crippen LogP contribution in [0.3, 0.4) is 0 Å². The van der Waals surface area contributed by atoms with Crippen LogP contribution in [0, 0.1) is 0 Å². The van der Waals surface area contributed by atoms with Gasteiger partial charge in [0, 0.05) is 19.1 Å². The molecule has 1 amide bonds. The van der Waals surface area contributed by atoms with Crippen LogP contribution in [0.15, 0.2) is 48.5 Å². The molecule has 0 aromatic heterocycles. The maximum absolute atomic E-state index is 11.9. The van der Waals surface area contributed by atoms with E-state index in [-0.39, 0.29) is 6.10 Å². The Balaban J connectivity index is 2.27. The summed E-state index contributed by atoms with van der Waals surface area (Å²) < 4.78 is 5.60. The molecule has 0 spiro atoms. The topological polar surface area (TPSA) is 29.5 Å². The lowest BCUT2D eigenvalue weighted by atomic mass is 10.0. The summed E-state index contributed by atoms with van der Waals surface area (Å²) in [5, 5.41) is -0.512. The number of fused-ring (bicyclic) bond motifs is 2. The predicted molar refractivity (Wildman–Crippen MR) is 79.7 cm³/mol. The minimum Gasteiger partial charge on any atom is -0.376 e. The molecule has 3 nitrogen and oxygen atoms in total. The molecular formula is C16H14ClNO2. The fourth-order valence-corrected chi connectivity index (χ4v) is 2.89. The average Bonchev–Trinajstić information content (AvgIpc) is 2.61. The fourth-order valence-electron chi connectivity index (χ4n) is 2.70. The number of nitrogens with zero attached hydrogens (tertiary/aromatic N) is 1. The Morgan fingerprint density at radius 1 is 1.15 bits per heavy atom. The molecule has 102 valence electrons. The van der Waals surface area contributed by atoms with E-state index in [1.807, 2.05) is 48.5 Å². The second-order valence-corrected chi connectivity index (χ2v) is 5.03. The van der Waals surface area contributed by atoms with Crippen LogP contribution < -0.4 is 4.90 Å². The van der Waals surface area contributed by atoms with E-state index >= 15 is 0 Å². The van der Waals surface area contributed by atoms with Gasteiger partial charge in [0.1, 0.15) is 0 Å². The summed E-state index contributed by atoms with van der Waals surface area (Å²) in [6, 6.07) is 15.5. The summed E-state index contributed by atoms with van der Waals surface area (Å²) >= 11 is 5.82. The smallest absolute Gasteiger partial charge is 0.325 e. The second-order valence-electron chi connectivity index (χ2n) is 4.70.